The molecule has 1 aliphatic heterocycles. The first kappa shape index (κ1) is 13.8. The van der Waals surface area contributed by atoms with E-state index in [1.54, 1.807) is 6.20 Å². The molecule has 3 rings (SSSR count). The molecule has 0 bridgehead atoms. The standard InChI is InChI=1S/C13H16N4O.ClH/c1-9-7-14-5-6-17(9)13(18)10-3-2-4-12-11(10)8-15-16-12;/h2-4,8-9,14H,5-7H2,1H3,(H,15,16);1H/t9-;/m0./s1. The highest BCUT2D eigenvalue weighted by atomic mass is 35.5. The van der Waals surface area contributed by atoms with Crippen LogP contribution < -0.4 is 5.32 Å². The van der Waals surface area contributed by atoms with Crippen LogP contribution in [-0.4, -0.2) is 46.7 Å². The Balaban J connectivity index is 0.00000133. The number of amides is 1. The van der Waals surface area contributed by atoms with E-state index < -0.39 is 0 Å². The van der Waals surface area contributed by atoms with E-state index >= 15 is 0 Å². The van der Waals surface area contributed by atoms with Crippen molar-refractivity contribution in [2.75, 3.05) is 19.6 Å². The summed E-state index contributed by atoms with van der Waals surface area (Å²) in [5, 5.41) is 11.1. The van der Waals surface area contributed by atoms with Crippen molar-refractivity contribution in [3.8, 4) is 0 Å². The Labute approximate surface area is 117 Å². The summed E-state index contributed by atoms with van der Waals surface area (Å²) in [6, 6.07) is 5.92. The summed E-state index contributed by atoms with van der Waals surface area (Å²) in [4.78, 5) is 14.5. The summed E-state index contributed by atoms with van der Waals surface area (Å²) in [6.07, 6.45) is 1.72. The Bertz CT molecular complexity index is 583. The molecule has 6 heteroatoms. The van der Waals surface area contributed by atoms with Gasteiger partial charge in [-0.3, -0.25) is 9.89 Å². The zero-order valence-corrected chi connectivity index (χ0v) is 11.5. The van der Waals surface area contributed by atoms with E-state index in [-0.39, 0.29) is 24.4 Å². The molecular formula is C13H17ClN4O. The van der Waals surface area contributed by atoms with Gasteiger partial charge in [0, 0.05) is 31.1 Å². The first-order chi connectivity index (χ1) is 8.77. The van der Waals surface area contributed by atoms with Gasteiger partial charge in [0.25, 0.3) is 5.91 Å². The fourth-order valence-electron chi connectivity index (χ4n) is 2.45. The molecule has 1 saturated heterocycles. The molecule has 2 heterocycles. The van der Waals surface area contributed by atoms with Gasteiger partial charge in [-0.25, -0.2) is 0 Å². The lowest BCUT2D eigenvalue weighted by atomic mass is 10.1. The van der Waals surface area contributed by atoms with Gasteiger partial charge in [0.2, 0.25) is 0 Å². The van der Waals surface area contributed by atoms with Crippen LogP contribution in [0, 0.1) is 0 Å². The molecule has 2 N–H and O–H groups in total. The highest BCUT2D eigenvalue weighted by molar-refractivity contribution is 6.06. The van der Waals surface area contributed by atoms with Crippen molar-refractivity contribution in [1.29, 1.82) is 0 Å². The SMILES string of the molecule is C[C@H]1CNCCN1C(=O)c1cccc2[nH]ncc12.Cl. The maximum Gasteiger partial charge on any atom is 0.254 e. The van der Waals surface area contributed by atoms with Gasteiger partial charge in [-0.2, -0.15) is 5.10 Å². The molecule has 5 nitrogen and oxygen atoms in total. The lowest BCUT2D eigenvalue weighted by Gasteiger charge is -2.34. The van der Waals surface area contributed by atoms with Gasteiger partial charge in [0.15, 0.2) is 0 Å². The van der Waals surface area contributed by atoms with Gasteiger partial charge in [-0.1, -0.05) is 6.07 Å². The molecule has 0 saturated carbocycles. The predicted octanol–water partition coefficient (Wildman–Crippen LogP) is 1.42. The smallest absolute Gasteiger partial charge is 0.254 e. The van der Waals surface area contributed by atoms with Crippen molar-refractivity contribution in [2.45, 2.75) is 13.0 Å². The third-order valence-electron chi connectivity index (χ3n) is 3.48. The molecule has 1 atom stereocenters. The van der Waals surface area contributed by atoms with Crippen molar-refractivity contribution in [2.24, 2.45) is 0 Å². The first-order valence-electron chi connectivity index (χ1n) is 6.21. The molecule has 0 spiro atoms. The van der Waals surface area contributed by atoms with Gasteiger partial charge in [0.05, 0.1) is 17.3 Å². The van der Waals surface area contributed by atoms with Crippen LogP contribution >= 0.6 is 12.4 Å². The normalized spacial score (nSPS) is 19.2. The Kier molecular flexibility index (Phi) is 4.07. The van der Waals surface area contributed by atoms with E-state index in [2.05, 4.69) is 22.4 Å². The average molecular weight is 281 g/mol. The minimum absolute atomic E-state index is 0. The quantitative estimate of drug-likeness (QED) is 0.830. The number of carbonyl (C=O) groups is 1. The van der Waals surface area contributed by atoms with Gasteiger partial charge in [-0.15, -0.1) is 12.4 Å². The summed E-state index contributed by atoms with van der Waals surface area (Å²) in [5.74, 6) is 0.0935. The Morgan fingerprint density at radius 1 is 1.47 bits per heavy atom. The highest BCUT2D eigenvalue weighted by Crippen LogP contribution is 2.19. The summed E-state index contributed by atoms with van der Waals surface area (Å²) < 4.78 is 0. The lowest BCUT2D eigenvalue weighted by molar-refractivity contribution is 0.0658. The molecule has 1 aliphatic rings. The fourth-order valence-corrected chi connectivity index (χ4v) is 2.45. The Morgan fingerprint density at radius 2 is 2.32 bits per heavy atom. The number of halogens is 1. The predicted molar refractivity (Wildman–Crippen MR) is 76.7 cm³/mol. The van der Waals surface area contributed by atoms with Crippen molar-refractivity contribution >= 4 is 29.2 Å². The number of nitrogens with one attached hydrogen (secondary N) is 2. The zero-order chi connectivity index (χ0) is 12.5. The fraction of sp³-hybridized carbons (Fsp3) is 0.385. The molecule has 0 aliphatic carbocycles. The van der Waals surface area contributed by atoms with Gasteiger partial charge in [-0.05, 0) is 19.1 Å². The third-order valence-corrected chi connectivity index (χ3v) is 3.48. The average Bonchev–Trinajstić information content (AvgIpc) is 2.86. The summed E-state index contributed by atoms with van der Waals surface area (Å²) >= 11 is 0. The third kappa shape index (κ3) is 2.43. The lowest BCUT2D eigenvalue weighted by Crippen LogP contribution is -2.52. The molecule has 102 valence electrons. The second kappa shape index (κ2) is 5.59. The number of piperazine rings is 1. The second-order valence-corrected chi connectivity index (χ2v) is 4.69. The second-order valence-electron chi connectivity index (χ2n) is 4.69. The summed E-state index contributed by atoms with van der Waals surface area (Å²) in [6.45, 7) is 4.54. The number of carbonyl (C=O) groups excluding carboxylic acids is 1. The molecule has 1 fully saturated rings. The number of fused-ring (bicyclic) bond motifs is 1. The maximum absolute atomic E-state index is 12.6. The number of aromatic amines is 1. The Hall–Kier alpha value is -1.59. The van der Waals surface area contributed by atoms with Crippen LogP contribution in [0.4, 0.5) is 0 Å². The van der Waals surface area contributed by atoms with Crippen LogP contribution in [0.2, 0.25) is 0 Å². The number of hydrogen-bond donors (Lipinski definition) is 2. The summed E-state index contributed by atoms with van der Waals surface area (Å²) in [7, 11) is 0. The first-order valence-corrected chi connectivity index (χ1v) is 6.21. The molecule has 1 aromatic carbocycles. The van der Waals surface area contributed by atoms with Gasteiger partial charge < -0.3 is 10.2 Å². The zero-order valence-electron chi connectivity index (χ0n) is 10.7. The van der Waals surface area contributed by atoms with E-state index in [0.717, 1.165) is 36.1 Å². The number of H-pyrrole nitrogens is 1. The monoisotopic (exact) mass is 280 g/mol. The largest absolute Gasteiger partial charge is 0.333 e. The number of nitrogens with zero attached hydrogens (tertiary/aromatic N) is 2. The number of hydrogen-bond acceptors (Lipinski definition) is 3. The van der Waals surface area contributed by atoms with Gasteiger partial charge >= 0.3 is 0 Å². The number of rotatable bonds is 1. The van der Waals surface area contributed by atoms with Crippen molar-refractivity contribution in [1.82, 2.24) is 20.4 Å². The molecule has 0 unspecified atom stereocenters. The topological polar surface area (TPSA) is 61.0 Å². The number of benzene rings is 1. The molecule has 19 heavy (non-hydrogen) atoms. The van der Waals surface area contributed by atoms with Crippen LogP contribution in [-0.2, 0) is 0 Å². The van der Waals surface area contributed by atoms with Crippen molar-refractivity contribution in [3.63, 3.8) is 0 Å². The molecular weight excluding hydrogens is 264 g/mol. The molecule has 0 radical (unpaired) electrons. The molecule has 1 amide bonds. The van der Waals surface area contributed by atoms with Crippen LogP contribution in [0.1, 0.15) is 17.3 Å². The van der Waals surface area contributed by atoms with Crippen molar-refractivity contribution in [3.05, 3.63) is 30.0 Å². The molecule has 1 aromatic heterocycles. The van der Waals surface area contributed by atoms with Crippen LogP contribution in [0.15, 0.2) is 24.4 Å². The number of aromatic nitrogens is 2. The van der Waals surface area contributed by atoms with E-state index in [1.165, 1.54) is 0 Å². The van der Waals surface area contributed by atoms with Gasteiger partial charge in [0.1, 0.15) is 0 Å². The minimum Gasteiger partial charge on any atom is -0.333 e. The van der Waals surface area contributed by atoms with E-state index in [4.69, 9.17) is 0 Å². The summed E-state index contributed by atoms with van der Waals surface area (Å²) in [5.41, 5.74) is 1.64. The Morgan fingerprint density at radius 3 is 3.11 bits per heavy atom. The van der Waals surface area contributed by atoms with Crippen LogP contribution in [0.5, 0.6) is 0 Å². The van der Waals surface area contributed by atoms with E-state index in [1.807, 2.05) is 23.1 Å². The van der Waals surface area contributed by atoms with E-state index in [9.17, 15) is 4.79 Å². The minimum atomic E-state index is 0. The van der Waals surface area contributed by atoms with Crippen LogP contribution in [0.25, 0.3) is 10.9 Å². The van der Waals surface area contributed by atoms with Crippen LogP contribution in [0.3, 0.4) is 0 Å². The highest BCUT2D eigenvalue weighted by Gasteiger charge is 2.25. The van der Waals surface area contributed by atoms with E-state index in [0.29, 0.717) is 0 Å². The van der Waals surface area contributed by atoms with Crippen molar-refractivity contribution < 1.29 is 4.79 Å². The maximum atomic E-state index is 12.6. The molecule has 2 aromatic rings.